The van der Waals surface area contributed by atoms with Crippen LogP contribution in [0.2, 0.25) is 0 Å². The molecule has 164 valence electrons. The Hall–Kier alpha value is -3.82. The molecule has 1 fully saturated rings. The van der Waals surface area contributed by atoms with Gasteiger partial charge in [0.15, 0.2) is 29.5 Å². The molecule has 2 aliphatic rings. The molecule has 4 heterocycles. The van der Waals surface area contributed by atoms with Crippen LogP contribution in [0.5, 0.6) is 11.6 Å². The van der Waals surface area contributed by atoms with E-state index < -0.39 is 17.4 Å². The summed E-state index contributed by atoms with van der Waals surface area (Å²) in [6.45, 7) is 2.56. The zero-order valence-corrected chi connectivity index (χ0v) is 17.0. The number of phenols is 1. The molecule has 0 aliphatic carbocycles. The van der Waals surface area contributed by atoms with Gasteiger partial charge in [0.05, 0.1) is 24.0 Å². The lowest BCUT2D eigenvalue weighted by molar-refractivity contribution is 0.112. The molecule has 5 rings (SSSR count). The SMILES string of the molecule is Cc1c(C=O)cnc(OC2CC3CNc4nnc(-c5cccc(F)c5O)cc4N3C2)c1F. The average Bonchev–Trinajstić information content (AvgIpc) is 3.22. The van der Waals surface area contributed by atoms with Gasteiger partial charge in [0, 0.05) is 35.9 Å². The van der Waals surface area contributed by atoms with Crippen LogP contribution in [-0.4, -0.2) is 51.8 Å². The van der Waals surface area contributed by atoms with Gasteiger partial charge in [-0.15, -0.1) is 10.2 Å². The molecule has 0 bridgehead atoms. The summed E-state index contributed by atoms with van der Waals surface area (Å²) in [4.78, 5) is 17.0. The van der Waals surface area contributed by atoms with Crippen molar-refractivity contribution in [3.05, 3.63) is 53.2 Å². The average molecular weight is 439 g/mol. The molecule has 0 saturated carbocycles. The Morgan fingerprint density at radius 1 is 1.31 bits per heavy atom. The summed E-state index contributed by atoms with van der Waals surface area (Å²) in [5, 5.41) is 21.6. The van der Waals surface area contributed by atoms with Crippen molar-refractivity contribution >= 4 is 17.8 Å². The van der Waals surface area contributed by atoms with Crippen LogP contribution in [0.1, 0.15) is 22.3 Å². The number of carbonyl (C=O) groups is 1. The van der Waals surface area contributed by atoms with Crippen LogP contribution in [0, 0.1) is 18.6 Å². The van der Waals surface area contributed by atoms with Crippen molar-refractivity contribution in [3.8, 4) is 22.9 Å². The fourth-order valence-electron chi connectivity index (χ4n) is 4.17. The highest BCUT2D eigenvalue weighted by atomic mass is 19.1. The molecule has 10 heteroatoms. The first-order valence-electron chi connectivity index (χ1n) is 10.1. The summed E-state index contributed by atoms with van der Waals surface area (Å²) >= 11 is 0. The molecular formula is C22H19F2N5O3. The molecule has 1 saturated heterocycles. The predicted molar refractivity (Wildman–Crippen MR) is 112 cm³/mol. The zero-order valence-electron chi connectivity index (χ0n) is 17.0. The molecular weight excluding hydrogens is 420 g/mol. The van der Waals surface area contributed by atoms with Crippen molar-refractivity contribution in [3.63, 3.8) is 0 Å². The number of hydrogen-bond acceptors (Lipinski definition) is 8. The Balaban J connectivity index is 1.42. The number of hydrogen-bond donors (Lipinski definition) is 2. The number of aromatic hydroxyl groups is 1. The number of pyridine rings is 1. The fourth-order valence-corrected chi connectivity index (χ4v) is 4.17. The molecule has 0 spiro atoms. The molecule has 2 aliphatic heterocycles. The molecule has 0 amide bonds. The van der Waals surface area contributed by atoms with Gasteiger partial charge < -0.3 is 20.1 Å². The van der Waals surface area contributed by atoms with E-state index in [0.29, 0.717) is 37.3 Å². The van der Waals surface area contributed by atoms with E-state index in [1.165, 1.54) is 25.3 Å². The van der Waals surface area contributed by atoms with Gasteiger partial charge in [-0.25, -0.2) is 13.8 Å². The lowest BCUT2D eigenvalue weighted by Gasteiger charge is -2.33. The van der Waals surface area contributed by atoms with Crippen molar-refractivity contribution in [1.82, 2.24) is 15.2 Å². The number of rotatable bonds is 4. The quantitative estimate of drug-likeness (QED) is 0.599. The highest BCUT2D eigenvalue weighted by Crippen LogP contribution is 2.39. The van der Waals surface area contributed by atoms with Crippen LogP contribution in [0.25, 0.3) is 11.3 Å². The molecule has 3 aromatic rings. The Kier molecular flexibility index (Phi) is 4.84. The number of nitrogens with zero attached hydrogens (tertiary/aromatic N) is 4. The van der Waals surface area contributed by atoms with Gasteiger partial charge in [0.25, 0.3) is 5.88 Å². The van der Waals surface area contributed by atoms with E-state index in [1.807, 2.05) is 0 Å². The van der Waals surface area contributed by atoms with Gasteiger partial charge in [-0.1, -0.05) is 6.07 Å². The van der Waals surface area contributed by atoms with Crippen molar-refractivity contribution in [2.75, 3.05) is 23.3 Å². The number of ether oxygens (including phenoxy) is 1. The van der Waals surface area contributed by atoms with Crippen LogP contribution in [-0.2, 0) is 0 Å². The number of para-hydroxylation sites is 1. The summed E-state index contributed by atoms with van der Waals surface area (Å²) < 4.78 is 34.2. The third kappa shape index (κ3) is 3.28. The maximum atomic E-state index is 14.6. The van der Waals surface area contributed by atoms with Crippen LogP contribution >= 0.6 is 0 Å². The first-order chi connectivity index (χ1) is 15.5. The first-order valence-corrected chi connectivity index (χ1v) is 10.1. The van der Waals surface area contributed by atoms with E-state index in [-0.39, 0.29) is 34.7 Å². The molecule has 0 radical (unpaired) electrons. The number of nitrogens with one attached hydrogen (secondary N) is 1. The lowest BCUT2D eigenvalue weighted by atomic mass is 10.1. The van der Waals surface area contributed by atoms with Gasteiger partial charge in [0.1, 0.15) is 6.10 Å². The molecule has 2 aromatic heterocycles. The minimum atomic E-state index is -0.738. The molecule has 8 nitrogen and oxygen atoms in total. The Morgan fingerprint density at radius 3 is 2.97 bits per heavy atom. The van der Waals surface area contributed by atoms with E-state index in [0.717, 1.165) is 5.69 Å². The lowest BCUT2D eigenvalue weighted by Crippen LogP contribution is -2.40. The van der Waals surface area contributed by atoms with Crippen molar-refractivity contribution in [2.45, 2.75) is 25.5 Å². The summed E-state index contributed by atoms with van der Waals surface area (Å²) in [6.07, 6.45) is 2.14. The monoisotopic (exact) mass is 439 g/mol. The van der Waals surface area contributed by atoms with Crippen LogP contribution in [0.15, 0.2) is 30.5 Å². The van der Waals surface area contributed by atoms with E-state index >= 15 is 0 Å². The van der Waals surface area contributed by atoms with Crippen molar-refractivity contribution < 1.29 is 23.4 Å². The zero-order chi connectivity index (χ0) is 22.4. The highest BCUT2D eigenvalue weighted by Gasteiger charge is 2.38. The smallest absolute Gasteiger partial charge is 0.251 e. The normalized spacial score (nSPS) is 19.2. The van der Waals surface area contributed by atoms with Gasteiger partial charge in [-0.3, -0.25) is 4.79 Å². The van der Waals surface area contributed by atoms with Gasteiger partial charge >= 0.3 is 0 Å². The first kappa shape index (κ1) is 20.1. The molecule has 2 N–H and O–H groups in total. The second-order valence-electron chi connectivity index (χ2n) is 7.84. The number of anilines is 2. The summed E-state index contributed by atoms with van der Waals surface area (Å²) in [7, 11) is 0. The summed E-state index contributed by atoms with van der Waals surface area (Å²) in [5.74, 6) is -1.44. The van der Waals surface area contributed by atoms with Gasteiger partial charge in [-0.2, -0.15) is 0 Å². The van der Waals surface area contributed by atoms with Crippen molar-refractivity contribution in [2.24, 2.45) is 0 Å². The van der Waals surface area contributed by atoms with E-state index in [2.05, 4.69) is 25.4 Å². The molecule has 2 atom stereocenters. The third-order valence-corrected chi connectivity index (χ3v) is 5.90. The topological polar surface area (TPSA) is 100 Å². The molecule has 32 heavy (non-hydrogen) atoms. The Labute approximate surface area is 181 Å². The third-order valence-electron chi connectivity index (χ3n) is 5.90. The standard InChI is InChI=1S/C22H19F2N5O3/c1-11-12(10-30)7-26-22(19(11)24)32-14-5-13-8-25-21-18(29(13)9-14)6-17(27-28-21)15-3-2-4-16(23)20(15)31/h2-4,6-7,10,13-14,31H,5,8-9H2,1H3,(H,25,28). The number of benzene rings is 1. The fraction of sp³-hybridized carbons (Fsp3) is 0.273. The number of carbonyl (C=O) groups excluding carboxylic acids is 1. The largest absolute Gasteiger partial charge is 0.504 e. The van der Waals surface area contributed by atoms with Gasteiger partial charge in [-0.05, 0) is 25.1 Å². The Bertz CT molecular complexity index is 1220. The number of phenolic OH excluding ortho intramolecular Hbond substituents is 1. The maximum Gasteiger partial charge on any atom is 0.251 e. The van der Waals surface area contributed by atoms with E-state index in [4.69, 9.17) is 4.74 Å². The van der Waals surface area contributed by atoms with Crippen LogP contribution in [0.3, 0.4) is 0 Å². The molecule has 1 aromatic carbocycles. The summed E-state index contributed by atoms with van der Waals surface area (Å²) in [6, 6.07) is 6.02. The number of fused-ring (bicyclic) bond motifs is 3. The van der Waals surface area contributed by atoms with E-state index in [9.17, 15) is 18.7 Å². The summed E-state index contributed by atoms with van der Waals surface area (Å²) in [5.41, 5.74) is 1.69. The molecule has 2 unspecified atom stereocenters. The number of aldehydes is 1. The number of halogens is 2. The van der Waals surface area contributed by atoms with E-state index in [1.54, 1.807) is 12.1 Å². The Morgan fingerprint density at radius 2 is 2.16 bits per heavy atom. The maximum absolute atomic E-state index is 14.6. The predicted octanol–water partition coefficient (Wildman–Crippen LogP) is 3.10. The highest BCUT2D eigenvalue weighted by molar-refractivity contribution is 5.77. The van der Waals surface area contributed by atoms with Crippen LogP contribution in [0.4, 0.5) is 20.3 Å². The van der Waals surface area contributed by atoms with Crippen LogP contribution < -0.4 is 15.0 Å². The minimum Gasteiger partial charge on any atom is -0.504 e. The second kappa shape index (κ2) is 7.70. The number of aromatic nitrogens is 3. The van der Waals surface area contributed by atoms with Gasteiger partial charge in [0.2, 0.25) is 0 Å². The minimum absolute atomic E-state index is 0.0593. The second-order valence-corrected chi connectivity index (χ2v) is 7.84. The van der Waals surface area contributed by atoms with Crippen molar-refractivity contribution in [1.29, 1.82) is 0 Å².